The largest absolute Gasteiger partial charge is 0.369 e. The molecule has 37 heavy (non-hydrogen) atoms. The number of hydrogen-bond donors (Lipinski definition) is 3. The van der Waals surface area contributed by atoms with Crippen LogP contribution >= 0.6 is 0 Å². The molecule has 182 valence electrons. The lowest BCUT2D eigenvalue weighted by Gasteiger charge is -2.33. The van der Waals surface area contributed by atoms with Gasteiger partial charge in [0.15, 0.2) is 0 Å². The second kappa shape index (κ2) is 8.87. The number of rotatable bonds is 4. The fourth-order valence-corrected chi connectivity index (χ4v) is 5.16. The standard InChI is InChI=1S/C30H27N7/c1-19-18-37(15-14-32-19)24-6-2-20(3-7-24)29-33-25-8-4-22(16-27(25)35-29)23-5-9-26-28(17-23)36-30(34-26)21-10-12-31-13-11-21/h2-13,16-17,19,32H,14-15,18H2,1H3,(H,33,35)(H,34,36). The maximum Gasteiger partial charge on any atom is 0.138 e. The third kappa shape index (κ3) is 4.13. The first kappa shape index (κ1) is 21.8. The molecule has 3 aromatic heterocycles. The van der Waals surface area contributed by atoms with Gasteiger partial charge in [-0.05, 0) is 78.7 Å². The number of aromatic amines is 2. The predicted octanol–water partition coefficient (Wildman–Crippen LogP) is 5.63. The Morgan fingerprint density at radius 2 is 1.27 bits per heavy atom. The van der Waals surface area contributed by atoms with Gasteiger partial charge >= 0.3 is 0 Å². The van der Waals surface area contributed by atoms with Crippen LogP contribution in [0.4, 0.5) is 5.69 Å². The van der Waals surface area contributed by atoms with E-state index in [-0.39, 0.29) is 0 Å². The van der Waals surface area contributed by atoms with Crippen LogP contribution in [0.2, 0.25) is 0 Å². The Kier molecular flexibility index (Phi) is 5.22. The number of H-pyrrole nitrogens is 2. The molecule has 1 atom stereocenters. The van der Waals surface area contributed by atoms with E-state index in [1.54, 1.807) is 12.4 Å². The fraction of sp³-hybridized carbons (Fsp3) is 0.167. The number of hydrogen-bond acceptors (Lipinski definition) is 5. The Balaban J connectivity index is 1.17. The van der Waals surface area contributed by atoms with Crippen LogP contribution < -0.4 is 10.2 Å². The Labute approximate surface area is 214 Å². The lowest BCUT2D eigenvalue weighted by atomic mass is 10.0. The first-order chi connectivity index (χ1) is 18.2. The third-order valence-corrected chi connectivity index (χ3v) is 7.13. The number of piperazine rings is 1. The van der Waals surface area contributed by atoms with E-state index in [9.17, 15) is 0 Å². The summed E-state index contributed by atoms with van der Waals surface area (Å²) in [6, 6.07) is 25.9. The highest BCUT2D eigenvalue weighted by Gasteiger charge is 2.16. The van der Waals surface area contributed by atoms with E-state index in [0.29, 0.717) is 6.04 Å². The molecule has 0 spiro atoms. The Bertz CT molecular complexity index is 1700. The Morgan fingerprint density at radius 3 is 1.86 bits per heavy atom. The number of pyridine rings is 1. The van der Waals surface area contributed by atoms with Gasteiger partial charge in [0, 0.05) is 54.9 Å². The highest BCUT2D eigenvalue weighted by molar-refractivity contribution is 5.88. The predicted molar refractivity (Wildman–Crippen MR) is 150 cm³/mol. The molecule has 3 aromatic carbocycles. The Hall–Kier alpha value is -4.49. The van der Waals surface area contributed by atoms with Crippen LogP contribution in [0, 0.1) is 0 Å². The zero-order chi connectivity index (χ0) is 24.8. The van der Waals surface area contributed by atoms with Crippen molar-refractivity contribution in [3.05, 3.63) is 85.2 Å². The van der Waals surface area contributed by atoms with Crippen molar-refractivity contribution < 1.29 is 0 Å². The third-order valence-electron chi connectivity index (χ3n) is 7.13. The van der Waals surface area contributed by atoms with E-state index in [2.05, 4.69) is 92.8 Å². The van der Waals surface area contributed by atoms with Crippen LogP contribution in [-0.2, 0) is 0 Å². The number of nitrogens with one attached hydrogen (secondary N) is 3. The van der Waals surface area contributed by atoms with Crippen LogP contribution in [0.1, 0.15) is 6.92 Å². The number of anilines is 1. The van der Waals surface area contributed by atoms with Gasteiger partial charge in [0.2, 0.25) is 0 Å². The van der Waals surface area contributed by atoms with Crippen molar-refractivity contribution in [2.75, 3.05) is 24.5 Å². The minimum atomic E-state index is 0.510. The highest BCUT2D eigenvalue weighted by atomic mass is 15.2. The zero-order valence-electron chi connectivity index (χ0n) is 20.6. The van der Waals surface area contributed by atoms with Gasteiger partial charge in [-0.3, -0.25) is 4.98 Å². The van der Waals surface area contributed by atoms with E-state index in [1.807, 2.05) is 12.1 Å². The molecule has 0 bridgehead atoms. The van der Waals surface area contributed by atoms with E-state index < -0.39 is 0 Å². The second-order valence-electron chi connectivity index (χ2n) is 9.72. The maximum atomic E-state index is 4.86. The summed E-state index contributed by atoms with van der Waals surface area (Å²) >= 11 is 0. The molecule has 6 aromatic rings. The van der Waals surface area contributed by atoms with Gasteiger partial charge in [-0.2, -0.15) is 0 Å². The summed E-state index contributed by atoms with van der Waals surface area (Å²) in [5.41, 5.74) is 9.57. The number of aromatic nitrogens is 5. The molecule has 0 saturated carbocycles. The molecule has 0 amide bonds. The van der Waals surface area contributed by atoms with Gasteiger partial charge in [0.05, 0.1) is 22.1 Å². The van der Waals surface area contributed by atoms with Crippen molar-refractivity contribution in [1.29, 1.82) is 0 Å². The Morgan fingerprint density at radius 1 is 0.703 bits per heavy atom. The quantitative estimate of drug-likeness (QED) is 0.301. The lowest BCUT2D eigenvalue weighted by Crippen LogP contribution is -2.49. The topological polar surface area (TPSA) is 85.5 Å². The maximum absolute atomic E-state index is 4.86. The molecule has 7 nitrogen and oxygen atoms in total. The molecule has 0 radical (unpaired) electrons. The van der Waals surface area contributed by atoms with Crippen molar-refractivity contribution in [3.63, 3.8) is 0 Å². The van der Waals surface area contributed by atoms with Gasteiger partial charge in [0.1, 0.15) is 11.6 Å². The van der Waals surface area contributed by atoms with E-state index in [0.717, 1.165) is 75.6 Å². The molecular formula is C30H27N7. The first-order valence-corrected chi connectivity index (χ1v) is 12.7. The van der Waals surface area contributed by atoms with Gasteiger partial charge in [0.25, 0.3) is 0 Å². The monoisotopic (exact) mass is 485 g/mol. The van der Waals surface area contributed by atoms with Gasteiger partial charge < -0.3 is 20.2 Å². The van der Waals surface area contributed by atoms with Gasteiger partial charge in [-0.1, -0.05) is 12.1 Å². The zero-order valence-corrected chi connectivity index (χ0v) is 20.6. The molecule has 7 heteroatoms. The average molecular weight is 486 g/mol. The first-order valence-electron chi connectivity index (χ1n) is 12.7. The molecule has 1 fully saturated rings. The van der Waals surface area contributed by atoms with Crippen LogP contribution in [0.25, 0.3) is 56.0 Å². The van der Waals surface area contributed by atoms with Gasteiger partial charge in [-0.15, -0.1) is 0 Å². The van der Waals surface area contributed by atoms with Crippen LogP contribution in [0.15, 0.2) is 85.2 Å². The van der Waals surface area contributed by atoms with Crippen molar-refractivity contribution in [2.45, 2.75) is 13.0 Å². The van der Waals surface area contributed by atoms with E-state index >= 15 is 0 Å². The summed E-state index contributed by atoms with van der Waals surface area (Å²) < 4.78 is 0. The van der Waals surface area contributed by atoms with Crippen LogP contribution in [0.3, 0.4) is 0 Å². The molecule has 4 heterocycles. The summed E-state index contributed by atoms with van der Waals surface area (Å²) in [4.78, 5) is 23.1. The molecule has 1 unspecified atom stereocenters. The summed E-state index contributed by atoms with van der Waals surface area (Å²) in [5, 5.41) is 3.50. The van der Waals surface area contributed by atoms with E-state index in [1.165, 1.54) is 5.69 Å². The minimum absolute atomic E-state index is 0.510. The summed E-state index contributed by atoms with van der Waals surface area (Å²) in [7, 11) is 0. The molecule has 1 saturated heterocycles. The fourth-order valence-electron chi connectivity index (χ4n) is 5.16. The average Bonchev–Trinajstić information content (AvgIpc) is 3.57. The minimum Gasteiger partial charge on any atom is -0.369 e. The SMILES string of the molecule is CC1CN(c2ccc(-c3nc4ccc(-c5ccc6nc(-c7ccncc7)[nH]c6c5)cc4[nH]3)cc2)CCN1. The van der Waals surface area contributed by atoms with Crippen molar-refractivity contribution in [2.24, 2.45) is 0 Å². The number of imidazole rings is 2. The van der Waals surface area contributed by atoms with Crippen molar-refractivity contribution >= 4 is 27.8 Å². The summed E-state index contributed by atoms with van der Waals surface area (Å²) in [5.74, 6) is 1.74. The number of nitrogens with zero attached hydrogens (tertiary/aromatic N) is 4. The van der Waals surface area contributed by atoms with Crippen LogP contribution in [-0.4, -0.2) is 50.6 Å². The molecule has 1 aliphatic heterocycles. The molecule has 0 aliphatic carbocycles. The lowest BCUT2D eigenvalue weighted by molar-refractivity contribution is 0.485. The normalized spacial score (nSPS) is 16.0. The summed E-state index contributed by atoms with van der Waals surface area (Å²) in [6.07, 6.45) is 3.56. The number of benzene rings is 3. The summed E-state index contributed by atoms with van der Waals surface area (Å²) in [6.45, 7) is 5.32. The van der Waals surface area contributed by atoms with Crippen molar-refractivity contribution in [1.82, 2.24) is 30.2 Å². The molecule has 3 N–H and O–H groups in total. The van der Waals surface area contributed by atoms with Crippen molar-refractivity contribution in [3.8, 4) is 33.9 Å². The van der Waals surface area contributed by atoms with Gasteiger partial charge in [-0.25, -0.2) is 9.97 Å². The second-order valence-corrected chi connectivity index (χ2v) is 9.72. The molecule has 7 rings (SSSR count). The van der Waals surface area contributed by atoms with E-state index in [4.69, 9.17) is 9.97 Å². The smallest absolute Gasteiger partial charge is 0.138 e. The molecule has 1 aliphatic rings. The highest BCUT2D eigenvalue weighted by Crippen LogP contribution is 2.30. The number of fused-ring (bicyclic) bond motifs is 2. The molecular weight excluding hydrogens is 458 g/mol. The van der Waals surface area contributed by atoms with Crippen LogP contribution in [0.5, 0.6) is 0 Å².